The highest BCUT2D eigenvalue weighted by molar-refractivity contribution is 5.98. The Kier molecular flexibility index (Phi) is 4.79. The molecule has 3 N–H and O–H groups in total. The van der Waals surface area contributed by atoms with E-state index in [1.807, 2.05) is 30.5 Å². The van der Waals surface area contributed by atoms with Crippen molar-refractivity contribution >= 4 is 10.9 Å². The highest BCUT2D eigenvalue weighted by Crippen LogP contribution is 2.51. The maximum atomic E-state index is 6.74. The van der Waals surface area contributed by atoms with Crippen LogP contribution in [0.15, 0.2) is 85.3 Å². The third-order valence-corrected chi connectivity index (χ3v) is 7.32. The molecule has 7 rings (SSSR count). The van der Waals surface area contributed by atoms with E-state index >= 15 is 0 Å². The van der Waals surface area contributed by atoms with Gasteiger partial charge in [-0.2, -0.15) is 5.10 Å². The van der Waals surface area contributed by atoms with E-state index < -0.39 is 11.3 Å². The fourth-order valence-electron chi connectivity index (χ4n) is 5.54. The van der Waals surface area contributed by atoms with Crippen LogP contribution < -0.4 is 5.73 Å². The zero-order chi connectivity index (χ0) is 24.2. The van der Waals surface area contributed by atoms with Gasteiger partial charge in [-0.05, 0) is 23.3 Å². The second kappa shape index (κ2) is 8.06. The molecule has 1 saturated carbocycles. The molecule has 0 atom stereocenters. The molecule has 7 nitrogen and oxygen atoms in total. The normalized spacial score (nSPS) is 17.9. The summed E-state index contributed by atoms with van der Waals surface area (Å²) in [7, 11) is 0. The number of nitrogens with zero attached hydrogens (tertiary/aromatic N) is 3. The third-order valence-electron chi connectivity index (χ3n) is 7.32. The Morgan fingerprint density at radius 3 is 2.33 bits per heavy atom. The zero-order valence-corrected chi connectivity index (χ0v) is 19.6. The van der Waals surface area contributed by atoms with Gasteiger partial charge in [0.1, 0.15) is 0 Å². The Bertz CT molecular complexity index is 1530. The first kappa shape index (κ1) is 21.4. The summed E-state index contributed by atoms with van der Waals surface area (Å²) in [5, 5.41) is 7.97. The van der Waals surface area contributed by atoms with Gasteiger partial charge in [-0.15, -0.1) is 0 Å². The SMILES string of the molecule is NC1(c2ccc(-c3nc4ccnc(-c5cn[nH]c5)c4cc3-c3ccccc3)cc2)CC2(C1)OCCO2. The molecule has 1 aliphatic heterocycles. The van der Waals surface area contributed by atoms with Gasteiger partial charge in [0.2, 0.25) is 0 Å². The number of H-pyrrole nitrogens is 1. The number of fused-ring (bicyclic) bond motifs is 1. The number of aromatic amines is 1. The monoisotopic (exact) mass is 475 g/mol. The van der Waals surface area contributed by atoms with Gasteiger partial charge in [0.15, 0.2) is 5.79 Å². The average Bonchev–Trinajstić information content (AvgIpc) is 3.61. The van der Waals surface area contributed by atoms with Gasteiger partial charge in [0, 0.05) is 47.3 Å². The Hall–Kier alpha value is -3.91. The van der Waals surface area contributed by atoms with Gasteiger partial charge in [0.25, 0.3) is 0 Å². The lowest BCUT2D eigenvalue weighted by Gasteiger charge is -2.50. The molecule has 3 aromatic heterocycles. The molecule has 1 aliphatic carbocycles. The summed E-state index contributed by atoms with van der Waals surface area (Å²) in [6.07, 6.45) is 6.78. The van der Waals surface area contributed by atoms with Gasteiger partial charge in [-0.1, -0.05) is 54.6 Å². The molecule has 2 aliphatic rings. The first-order valence-corrected chi connectivity index (χ1v) is 12.1. The molecule has 4 heterocycles. The third kappa shape index (κ3) is 3.44. The second-order valence-electron chi connectivity index (χ2n) is 9.66. The van der Waals surface area contributed by atoms with Crippen molar-refractivity contribution in [2.75, 3.05) is 13.2 Å². The topological polar surface area (TPSA) is 98.9 Å². The predicted octanol–water partition coefficient (Wildman–Crippen LogP) is 5.04. The highest BCUT2D eigenvalue weighted by atomic mass is 16.7. The summed E-state index contributed by atoms with van der Waals surface area (Å²) in [6, 6.07) is 22.9. The van der Waals surface area contributed by atoms with Crippen molar-refractivity contribution in [2.45, 2.75) is 24.2 Å². The minimum Gasteiger partial charge on any atom is -0.347 e. The van der Waals surface area contributed by atoms with Crippen molar-refractivity contribution in [3.63, 3.8) is 0 Å². The molecular weight excluding hydrogens is 450 g/mol. The van der Waals surface area contributed by atoms with Crippen molar-refractivity contribution < 1.29 is 9.47 Å². The number of hydrogen-bond donors (Lipinski definition) is 2. The van der Waals surface area contributed by atoms with Crippen molar-refractivity contribution in [3.05, 3.63) is 90.9 Å². The van der Waals surface area contributed by atoms with Crippen LogP contribution in [0.3, 0.4) is 0 Å². The zero-order valence-electron chi connectivity index (χ0n) is 19.6. The van der Waals surface area contributed by atoms with Crippen LogP contribution in [0.1, 0.15) is 18.4 Å². The van der Waals surface area contributed by atoms with Crippen molar-refractivity contribution in [2.24, 2.45) is 5.73 Å². The van der Waals surface area contributed by atoms with E-state index in [2.05, 4.69) is 57.6 Å². The van der Waals surface area contributed by atoms with Crippen molar-refractivity contribution in [1.29, 1.82) is 0 Å². The minimum atomic E-state index is -0.492. The summed E-state index contributed by atoms with van der Waals surface area (Å²) >= 11 is 0. The summed E-state index contributed by atoms with van der Waals surface area (Å²) in [6.45, 7) is 1.28. The molecule has 36 heavy (non-hydrogen) atoms. The van der Waals surface area contributed by atoms with Crippen LogP contribution in [0.2, 0.25) is 0 Å². The Balaban J connectivity index is 1.32. The maximum absolute atomic E-state index is 6.74. The molecule has 1 spiro atoms. The average molecular weight is 476 g/mol. The molecule has 2 fully saturated rings. The van der Waals surface area contributed by atoms with E-state index in [4.69, 9.17) is 20.2 Å². The van der Waals surface area contributed by atoms with Crippen LogP contribution in [0.25, 0.3) is 44.5 Å². The molecule has 2 aromatic carbocycles. The molecule has 178 valence electrons. The summed E-state index contributed by atoms with van der Waals surface area (Å²) in [4.78, 5) is 9.77. The number of nitrogens with two attached hydrogens (primary N) is 1. The van der Waals surface area contributed by atoms with Crippen LogP contribution >= 0.6 is 0 Å². The lowest BCUT2D eigenvalue weighted by molar-refractivity contribution is -0.239. The Labute approximate surface area is 208 Å². The molecule has 1 saturated heterocycles. The molecule has 0 radical (unpaired) electrons. The van der Waals surface area contributed by atoms with Gasteiger partial charge in [-0.25, -0.2) is 4.98 Å². The minimum absolute atomic E-state index is 0.437. The van der Waals surface area contributed by atoms with E-state index in [0.29, 0.717) is 26.1 Å². The van der Waals surface area contributed by atoms with Gasteiger partial charge in [0.05, 0.1) is 41.9 Å². The van der Waals surface area contributed by atoms with Crippen LogP contribution in [0.4, 0.5) is 0 Å². The molecule has 0 amide bonds. The maximum Gasteiger partial charge on any atom is 0.172 e. The number of nitrogens with one attached hydrogen (secondary N) is 1. The molecule has 0 bridgehead atoms. The van der Waals surface area contributed by atoms with Gasteiger partial charge in [-0.3, -0.25) is 10.1 Å². The number of hydrogen-bond acceptors (Lipinski definition) is 6. The van der Waals surface area contributed by atoms with Crippen LogP contribution in [-0.2, 0) is 15.0 Å². The summed E-state index contributed by atoms with van der Waals surface area (Å²) in [5.74, 6) is -0.492. The largest absolute Gasteiger partial charge is 0.347 e. The van der Waals surface area contributed by atoms with Crippen molar-refractivity contribution in [1.82, 2.24) is 20.2 Å². The smallest absolute Gasteiger partial charge is 0.172 e. The second-order valence-corrected chi connectivity index (χ2v) is 9.66. The van der Waals surface area contributed by atoms with E-state index in [0.717, 1.165) is 50.1 Å². The summed E-state index contributed by atoms with van der Waals surface area (Å²) in [5.41, 5.74) is 14.2. The first-order chi connectivity index (χ1) is 17.6. The van der Waals surface area contributed by atoms with Gasteiger partial charge >= 0.3 is 0 Å². The van der Waals surface area contributed by atoms with Crippen LogP contribution in [0, 0.1) is 0 Å². The van der Waals surface area contributed by atoms with E-state index in [1.165, 1.54) is 0 Å². The van der Waals surface area contributed by atoms with E-state index in [9.17, 15) is 0 Å². The number of rotatable bonds is 4. The molecule has 7 heteroatoms. The fraction of sp³-hybridized carbons (Fsp3) is 0.207. The molecular formula is C29H25N5O2. The Morgan fingerprint density at radius 2 is 1.61 bits per heavy atom. The number of pyridine rings is 2. The Morgan fingerprint density at radius 1 is 0.833 bits per heavy atom. The number of aromatic nitrogens is 4. The fourth-order valence-corrected chi connectivity index (χ4v) is 5.54. The standard InChI is InChI=1S/C29H25N5O2/c30-28(17-29(18-28)35-12-13-36-29)22-8-6-20(7-9-22)27-23(19-4-2-1-3-5-19)14-24-25(34-27)10-11-31-26(24)21-15-32-33-16-21/h1-11,14-16H,12-13,17-18,30H2,(H,32,33). The van der Waals surface area contributed by atoms with Crippen molar-refractivity contribution in [3.8, 4) is 33.6 Å². The predicted molar refractivity (Wildman–Crippen MR) is 138 cm³/mol. The number of ether oxygens (including phenoxy) is 2. The number of benzene rings is 2. The lowest BCUT2D eigenvalue weighted by Crippen LogP contribution is -2.60. The highest BCUT2D eigenvalue weighted by Gasteiger charge is 2.57. The molecule has 5 aromatic rings. The van der Waals surface area contributed by atoms with E-state index in [1.54, 1.807) is 12.4 Å². The lowest BCUT2D eigenvalue weighted by atomic mass is 9.68. The quantitative estimate of drug-likeness (QED) is 0.378. The van der Waals surface area contributed by atoms with Crippen LogP contribution in [-0.4, -0.2) is 39.2 Å². The van der Waals surface area contributed by atoms with Gasteiger partial charge < -0.3 is 15.2 Å². The van der Waals surface area contributed by atoms with Crippen LogP contribution in [0.5, 0.6) is 0 Å². The summed E-state index contributed by atoms with van der Waals surface area (Å²) < 4.78 is 11.6. The van der Waals surface area contributed by atoms with E-state index in [-0.39, 0.29) is 0 Å². The first-order valence-electron chi connectivity index (χ1n) is 12.1. The molecule has 0 unspecified atom stereocenters.